The van der Waals surface area contributed by atoms with Gasteiger partial charge in [0.1, 0.15) is 5.75 Å². The minimum Gasteiger partial charge on any atom is -0.497 e. The quantitative estimate of drug-likeness (QED) is 0.602. The first-order valence-electron chi connectivity index (χ1n) is 10.8. The second-order valence-electron chi connectivity index (χ2n) is 8.16. The van der Waals surface area contributed by atoms with Crippen molar-refractivity contribution in [1.82, 2.24) is 9.62 Å². The monoisotopic (exact) mass is 444 g/mol. The van der Waals surface area contributed by atoms with Gasteiger partial charge >= 0.3 is 0 Å². The van der Waals surface area contributed by atoms with E-state index in [0.717, 1.165) is 29.7 Å². The molecule has 0 aromatic heterocycles. The zero-order chi connectivity index (χ0) is 22.3. The number of nitrogens with zero attached hydrogens (tertiary/aromatic N) is 1. The summed E-state index contributed by atoms with van der Waals surface area (Å²) in [6.07, 6.45) is 2.89. The molecule has 1 N–H and O–H groups in total. The van der Waals surface area contributed by atoms with Gasteiger partial charge in [0, 0.05) is 25.6 Å². The van der Waals surface area contributed by atoms with Crippen molar-refractivity contribution in [1.29, 1.82) is 0 Å². The molecule has 0 aliphatic carbocycles. The summed E-state index contributed by atoms with van der Waals surface area (Å²) in [7, 11) is -1.72. The summed E-state index contributed by atoms with van der Waals surface area (Å²) in [6.45, 7) is 3.38. The molecule has 2 aromatic rings. The third kappa shape index (κ3) is 6.80. The first-order chi connectivity index (χ1) is 14.9. The topological polar surface area (TPSA) is 75.7 Å². The van der Waals surface area contributed by atoms with Crippen molar-refractivity contribution < 1.29 is 17.9 Å². The fraction of sp³-hybridized carbons (Fsp3) is 0.458. The number of hydrogen-bond acceptors (Lipinski definition) is 4. The van der Waals surface area contributed by atoms with Crippen molar-refractivity contribution in [3.05, 3.63) is 65.2 Å². The Morgan fingerprint density at radius 1 is 1.10 bits per heavy atom. The summed E-state index contributed by atoms with van der Waals surface area (Å²) < 4.78 is 32.2. The van der Waals surface area contributed by atoms with Gasteiger partial charge < -0.3 is 10.1 Å². The van der Waals surface area contributed by atoms with E-state index < -0.39 is 10.0 Å². The van der Waals surface area contributed by atoms with Crippen molar-refractivity contribution in [2.24, 2.45) is 5.92 Å². The van der Waals surface area contributed by atoms with Crippen LogP contribution in [-0.2, 0) is 27.0 Å². The lowest BCUT2D eigenvalue weighted by Crippen LogP contribution is -2.43. The summed E-state index contributed by atoms with van der Waals surface area (Å²) in [6, 6.07) is 15.5. The molecule has 2 aromatic carbocycles. The van der Waals surface area contributed by atoms with Crippen LogP contribution >= 0.6 is 0 Å². The predicted molar refractivity (Wildman–Crippen MR) is 122 cm³/mol. The van der Waals surface area contributed by atoms with Gasteiger partial charge in [-0.15, -0.1) is 0 Å². The van der Waals surface area contributed by atoms with Gasteiger partial charge in [0.25, 0.3) is 0 Å². The maximum atomic E-state index is 12.7. The molecule has 1 aliphatic rings. The number of hydrogen-bond donors (Lipinski definition) is 1. The van der Waals surface area contributed by atoms with Gasteiger partial charge in [-0.1, -0.05) is 42.0 Å². The highest BCUT2D eigenvalue weighted by atomic mass is 32.2. The number of rotatable bonds is 9. The molecule has 0 unspecified atom stereocenters. The molecule has 0 atom stereocenters. The molecular weight excluding hydrogens is 412 g/mol. The molecule has 168 valence electrons. The van der Waals surface area contributed by atoms with E-state index in [0.29, 0.717) is 32.5 Å². The second kappa shape index (κ2) is 10.8. The Morgan fingerprint density at radius 3 is 2.45 bits per heavy atom. The highest BCUT2D eigenvalue weighted by molar-refractivity contribution is 7.88. The van der Waals surface area contributed by atoms with E-state index in [1.54, 1.807) is 7.11 Å². The number of carbonyl (C=O) groups is 1. The Morgan fingerprint density at radius 2 is 1.81 bits per heavy atom. The molecule has 0 spiro atoms. The highest BCUT2D eigenvalue weighted by Crippen LogP contribution is 2.22. The Hall–Kier alpha value is -2.38. The summed E-state index contributed by atoms with van der Waals surface area (Å²) in [5.74, 6) is 0.762. The number of nitrogens with one attached hydrogen (secondary N) is 1. The van der Waals surface area contributed by atoms with Crippen LogP contribution in [0, 0.1) is 12.8 Å². The Kier molecular flexibility index (Phi) is 8.09. The maximum absolute atomic E-state index is 12.7. The number of ether oxygens (including phenoxy) is 1. The van der Waals surface area contributed by atoms with Gasteiger partial charge in [0.05, 0.1) is 12.9 Å². The van der Waals surface area contributed by atoms with Crippen LogP contribution in [0.2, 0.25) is 0 Å². The van der Waals surface area contributed by atoms with E-state index in [4.69, 9.17) is 4.74 Å². The fourth-order valence-electron chi connectivity index (χ4n) is 3.94. The molecule has 0 bridgehead atoms. The van der Waals surface area contributed by atoms with Crippen LogP contribution in [0.3, 0.4) is 0 Å². The summed E-state index contributed by atoms with van der Waals surface area (Å²) in [4.78, 5) is 12.5. The lowest BCUT2D eigenvalue weighted by molar-refractivity contribution is -0.126. The van der Waals surface area contributed by atoms with E-state index in [-0.39, 0.29) is 17.6 Å². The fourth-order valence-corrected chi connectivity index (χ4v) is 5.49. The van der Waals surface area contributed by atoms with E-state index >= 15 is 0 Å². The predicted octanol–water partition coefficient (Wildman–Crippen LogP) is 3.29. The minimum atomic E-state index is -3.37. The number of methoxy groups -OCH3 is 1. The van der Waals surface area contributed by atoms with Crippen molar-refractivity contribution in [3.8, 4) is 5.75 Å². The number of piperidine rings is 1. The summed E-state index contributed by atoms with van der Waals surface area (Å²) in [5, 5.41) is 3.01. The first kappa shape index (κ1) is 23.3. The van der Waals surface area contributed by atoms with Crippen molar-refractivity contribution in [2.75, 3.05) is 26.7 Å². The van der Waals surface area contributed by atoms with Gasteiger partial charge in [-0.25, -0.2) is 12.7 Å². The Balaban J connectivity index is 1.39. The van der Waals surface area contributed by atoms with Gasteiger partial charge in [0.15, 0.2) is 0 Å². The Bertz CT molecular complexity index is 965. The zero-order valence-corrected chi connectivity index (χ0v) is 19.2. The largest absolute Gasteiger partial charge is 0.497 e. The zero-order valence-electron chi connectivity index (χ0n) is 18.3. The first-order valence-corrected chi connectivity index (χ1v) is 12.4. The second-order valence-corrected chi connectivity index (χ2v) is 10.1. The minimum absolute atomic E-state index is 0.0108. The van der Waals surface area contributed by atoms with Crippen LogP contribution in [0.1, 0.15) is 36.0 Å². The van der Waals surface area contributed by atoms with Gasteiger partial charge in [-0.2, -0.15) is 0 Å². The standard InChI is InChI=1S/C24H32N2O4S/c1-19-5-3-6-21(17-19)18-31(28,29)26-15-12-22(13-16-26)24(27)25-14-4-7-20-8-10-23(30-2)11-9-20/h3,5-6,8-11,17,22H,4,7,12-16,18H2,1-2H3,(H,25,27). The van der Waals surface area contributed by atoms with Gasteiger partial charge in [-0.3, -0.25) is 4.79 Å². The smallest absolute Gasteiger partial charge is 0.223 e. The molecule has 1 fully saturated rings. The summed E-state index contributed by atoms with van der Waals surface area (Å²) >= 11 is 0. The van der Waals surface area contributed by atoms with E-state index in [1.807, 2.05) is 55.5 Å². The van der Waals surface area contributed by atoms with E-state index in [1.165, 1.54) is 9.87 Å². The third-order valence-electron chi connectivity index (χ3n) is 5.75. The molecular formula is C24H32N2O4S. The average Bonchev–Trinajstić information content (AvgIpc) is 2.77. The van der Waals surface area contributed by atoms with Crippen LogP contribution in [0.4, 0.5) is 0 Å². The number of sulfonamides is 1. The van der Waals surface area contributed by atoms with Crippen LogP contribution < -0.4 is 10.1 Å². The third-order valence-corrected chi connectivity index (χ3v) is 7.60. The Labute approximate surface area is 185 Å². The SMILES string of the molecule is COc1ccc(CCCNC(=O)C2CCN(S(=O)(=O)Cc3cccc(C)c3)CC2)cc1. The van der Waals surface area contributed by atoms with Crippen molar-refractivity contribution >= 4 is 15.9 Å². The maximum Gasteiger partial charge on any atom is 0.223 e. The van der Waals surface area contributed by atoms with Crippen molar-refractivity contribution in [3.63, 3.8) is 0 Å². The van der Waals surface area contributed by atoms with Crippen LogP contribution in [0.5, 0.6) is 5.75 Å². The highest BCUT2D eigenvalue weighted by Gasteiger charge is 2.31. The van der Waals surface area contributed by atoms with Gasteiger partial charge in [0.2, 0.25) is 15.9 Å². The van der Waals surface area contributed by atoms with Crippen LogP contribution in [0.15, 0.2) is 48.5 Å². The molecule has 6 nitrogen and oxygen atoms in total. The number of benzene rings is 2. The molecule has 0 saturated carbocycles. The summed E-state index contributed by atoms with van der Waals surface area (Å²) in [5.41, 5.74) is 3.06. The number of aryl methyl sites for hydroxylation is 2. The molecule has 1 saturated heterocycles. The number of carbonyl (C=O) groups excluding carboxylic acids is 1. The molecule has 3 rings (SSSR count). The lowest BCUT2D eigenvalue weighted by atomic mass is 9.97. The molecule has 7 heteroatoms. The number of amides is 1. The van der Waals surface area contributed by atoms with Gasteiger partial charge in [-0.05, 0) is 55.9 Å². The molecule has 0 radical (unpaired) electrons. The molecule has 31 heavy (non-hydrogen) atoms. The normalized spacial score (nSPS) is 15.5. The molecule has 1 aliphatic heterocycles. The van der Waals surface area contributed by atoms with E-state index in [2.05, 4.69) is 5.32 Å². The van der Waals surface area contributed by atoms with Crippen molar-refractivity contribution in [2.45, 2.75) is 38.4 Å². The average molecular weight is 445 g/mol. The van der Waals surface area contributed by atoms with E-state index in [9.17, 15) is 13.2 Å². The van der Waals surface area contributed by atoms with Crippen LogP contribution in [0.25, 0.3) is 0 Å². The molecule has 1 amide bonds. The lowest BCUT2D eigenvalue weighted by Gasteiger charge is -2.30. The molecule has 1 heterocycles. The van der Waals surface area contributed by atoms with Crippen LogP contribution in [-0.4, -0.2) is 45.4 Å².